The Labute approximate surface area is 446 Å². The second-order valence-electron chi connectivity index (χ2n) is 20.6. The largest absolute Gasteiger partial charge is 2.00 e. The van der Waals surface area contributed by atoms with E-state index in [9.17, 15) is 19.2 Å². The number of nitrogens with zero attached hydrogens (tertiary/aromatic N) is 4. The van der Waals surface area contributed by atoms with Crippen LogP contribution in [0.3, 0.4) is 0 Å². The van der Waals surface area contributed by atoms with Crippen molar-refractivity contribution in [3.8, 4) is 0 Å². The van der Waals surface area contributed by atoms with Crippen molar-refractivity contribution in [1.82, 2.24) is 25.3 Å². The summed E-state index contributed by atoms with van der Waals surface area (Å²) in [6, 6.07) is 15.6. The zero-order valence-electron chi connectivity index (χ0n) is 44.7. The third-order valence-electron chi connectivity index (χ3n) is 13.6. The number of aryl methyl sites for hydroxylation is 4. The zero-order valence-corrected chi connectivity index (χ0v) is 46.3. The summed E-state index contributed by atoms with van der Waals surface area (Å²) >= 11 is 0. The number of fused-ring (bicyclic) bond motifs is 8. The van der Waals surface area contributed by atoms with Crippen LogP contribution in [-0.4, -0.2) is 60.1 Å². The molecule has 0 saturated heterocycles. The van der Waals surface area contributed by atoms with Gasteiger partial charge in [-0.1, -0.05) is 100 Å². The van der Waals surface area contributed by atoms with Crippen molar-refractivity contribution in [3.05, 3.63) is 99.1 Å². The smallest absolute Gasteiger partial charge is 0.657 e. The Morgan fingerprint density at radius 2 is 0.918 bits per heavy atom. The second-order valence-corrected chi connectivity index (χ2v) is 20.6. The van der Waals surface area contributed by atoms with E-state index in [4.69, 9.17) is 39.9 Å². The predicted molar refractivity (Wildman–Crippen MR) is 287 cm³/mol. The van der Waals surface area contributed by atoms with E-state index in [0.717, 1.165) is 69.4 Å². The molecule has 73 heavy (non-hydrogen) atoms. The van der Waals surface area contributed by atoms with Crippen molar-refractivity contribution < 1.29 is 53.8 Å². The van der Waals surface area contributed by atoms with Crippen LogP contribution in [0.25, 0.3) is 44.4 Å². The fraction of sp³-hybridized carbons (Fsp3) is 0.492. The number of rotatable bonds is 24. The molecule has 3 aromatic heterocycles. The molecule has 2 aliphatic rings. The monoisotopic (exact) mass is 1090 g/mol. The molecule has 0 atom stereocenters. The van der Waals surface area contributed by atoms with Crippen LogP contribution in [0.1, 0.15) is 164 Å². The molecule has 0 saturated carbocycles. The number of nitrogens with two attached hydrogens (primary N) is 1. The van der Waals surface area contributed by atoms with Gasteiger partial charge in [0.25, 0.3) is 0 Å². The van der Waals surface area contributed by atoms with E-state index < -0.39 is 0 Å². The average molecular weight is 1090 g/mol. The van der Waals surface area contributed by atoms with Gasteiger partial charge in [-0.05, 0) is 137 Å². The standard InChI is InChI=1S/C59H77N6O7.Pd/c1-35(2)24-28-70-57(67)20-16-45-39(8)49-31-52-44(15-19-56(66)61-27-23-42-11-13-43(60)14-12-42)38(7)48(62-52)32-53-46(17-21-58(68)71-29-25-36(3)4)40(9)50(64-53)34-55-47(18-22-59(69)72-30-26-37(5)6)41(10)51(65-55)33-54(45)63-49;/h11-14,31-37H,15-30,60H2,1-10H3,(H2-,61,62,63,64,65,66);/q-1;+2/p-1. The van der Waals surface area contributed by atoms with Crippen LogP contribution in [0.5, 0.6) is 0 Å². The van der Waals surface area contributed by atoms with E-state index in [1.54, 1.807) is 0 Å². The molecule has 2 aliphatic heterocycles. The van der Waals surface area contributed by atoms with Gasteiger partial charge in [-0.15, -0.1) is 22.1 Å². The Balaban J connectivity index is 0.00000988. The first-order valence-corrected chi connectivity index (χ1v) is 26.0. The minimum absolute atomic E-state index is 0. The molecule has 13 nitrogen and oxygen atoms in total. The fourth-order valence-corrected chi connectivity index (χ4v) is 8.81. The van der Waals surface area contributed by atoms with Crippen LogP contribution in [0.15, 0.2) is 48.5 Å². The minimum atomic E-state index is -0.269. The summed E-state index contributed by atoms with van der Waals surface area (Å²) in [6.07, 6.45) is 5.43. The zero-order chi connectivity index (χ0) is 52.1. The summed E-state index contributed by atoms with van der Waals surface area (Å²) < 4.78 is 16.9. The van der Waals surface area contributed by atoms with Gasteiger partial charge in [0.05, 0.1) is 42.6 Å². The Kier molecular flexibility index (Phi) is 21.8. The van der Waals surface area contributed by atoms with E-state index in [2.05, 4.69) is 46.9 Å². The first kappa shape index (κ1) is 58.1. The number of aromatic nitrogens is 4. The summed E-state index contributed by atoms with van der Waals surface area (Å²) in [4.78, 5) is 73.7. The maximum Gasteiger partial charge on any atom is 2.00 e. The van der Waals surface area contributed by atoms with E-state index >= 15 is 0 Å². The fourth-order valence-electron chi connectivity index (χ4n) is 8.81. The molecule has 0 radical (unpaired) electrons. The summed E-state index contributed by atoms with van der Waals surface area (Å²) in [5.41, 5.74) is 20.4. The van der Waals surface area contributed by atoms with E-state index in [1.165, 1.54) is 0 Å². The quantitative estimate of drug-likeness (QED) is 0.0293. The molecule has 4 aromatic rings. The first-order valence-electron chi connectivity index (χ1n) is 26.0. The number of esters is 3. The Morgan fingerprint density at radius 1 is 0.534 bits per heavy atom. The molecule has 394 valence electrons. The number of allylic oxidation sites excluding steroid dienone is 4. The van der Waals surface area contributed by atoms with Crippen LogP contribution in [0, 0.1) is 31.6 Å². The molecule has 3 N–H and O–H groups in total. The number of benzene rings is 1. The summed E-state index contributed by atoms with van der Waals surface area (Å²) in [6.45, 7) is 22.3. The normalized spacial score (nSPS) is 12.5. The number of amides is 1. The molecule has 0 fully saturated rings. The summed E-state index contributed by atoms with van der Waals surface area (Å²) in [5.74, 6) is 0.361. The molecule has 5 heterocycles. The van der Waals surface area contributed by atoms with Gasteiger partial charge in [0.15, 0.2) is 0 Å². The molecule has 6 rings (SSSR count). The predicted octanol–water partition coefficient (Wildman–Crippen LogP) is 11.2. The molecule has 0 unspecified atom stereocenters. The van der Waals surface area contributed by atoms with Gasteiger partial charge in [-0.25, -0.2) is 9.97 Å². The Morgan fingerprint density at radius 3 is 1.33 bits per heavy atom. The third-order valence-corrected chi connectivity index (χ3v) is 13.6. The molecular formula is C59H76N6O7Pd. The molecule has 8 bridgehead atoms. The van der Waals surface area contributed by atoms with E-state index in [0.29, 0.717) is 127 Å². The second kappa shape index (κ2) is 27.5. The number of nitrogens with one attached hydrogen (secondary N) is 1. The first-order chi connectivity index (χ1) is 34.4. The van der Waals surface area contributed by atoms with Gasteiger partial charge in [-0.2, -0.15) is 0 Å². The van der Waals surface area contributed by atoms with Crippen molar-refractivity contribution in [2.45, 2.75) is 146 Å². The van der Waals surface area contributed by atoms with E-state index in [-0.39, 0.29) is 69.9 Å². The molecule has 0 spiro atoms. The molecule has 1 amide bonds. The van der Waals surface area contributed by atoms with Crippen molar-refractivity contribution >= 4 is 73.9 Å². The topological polar surface area (TPSA) is 188 Å². The number of nitrogen functional groups attached to an aromatic ring is 1. The van der Waals surface area contributed by atoms with Crippen molar-refractivity contribution in [2.24, 2.45) is 17.8 Å². The van der Waals surface area contributed by atoms with Crippen LogP contribution in [0.2, 0.25) is 0 Å². The molecule has 0 aliphatic carbocycles. The number of anilines is 1. The van der Waals surface area contributed by atoms with E-state index in [1.807, 2.05) is 76.2 Å². The van der Waals surface area contributed by atoms with Gasteiger partial charge in [0.1, 0.15) is 0 Å². The van der Waals surface area contributed by atoms with Gasteiger partial charge < -0.3 is 35.2 Å². The number of hydrogen-bond donors (Lipinski definition) is 2. The Hall–Kier alpha value is -5.84. The number of carbonyl (C=O) groups excluding carboxylic acids is 4. The van der Waals surface area contributed by atoms with Crippen LogP contribution in [0.4, 0.5) is 5.69 Å². The molecule has 1 aromatic carbocycles. The van der Waals surface area contributed by atoms with Crippen molar-refractivity contribution in [3.63, 3.8) is 0 Å². The number of ether oxygens (including phenoxy) is 3. The third kappa shape index (κ3) is 16.6. The minimum Gasteiger partial charge on any atom is -0.657 e. The SMILES string of the molecule is CC1=C(CCC(=O)NCCc2ccc(N)cc2)c2cc3[n-]c(cc4nc(cc5[n-]c(cc1n2)c(CCC(=O)OCCC(C)C)c5C)C(CCC(=O)OCCC(C)C)=C4C)c(CCC(=O)OCCC(C)C)c3C.[Pd+2]. The van der Waals surface area contributed by atoms with Crippen molar-refractivity contribution in [2.75, 3.05) is 32.1 Å². The summed E-state index contributed by atoms with van der Waals surface area (Å²) in [5, 5.41) is 3.09. The Bertz CT molecular complexity index is 2830. The molecule has 14 heteroatoms. The van der Waals surface area contributed by atoms with Gasteiger partial charge in [-0.3, -0.25) is 19.2 Å². The van der Waals surface area contributed by atoms with Crippen molar-refractivity contribution in [1.29, 1.82) is 0 Å². The number of hydrogen-bond acceptors (Lipinski definition) is 10. The number of carbonyl (C=O) groups is 4. The molecular weight excluding hydrogens is 1010 g/mol. The van der Waals surface area contributed by atoms with Crippen LogP contribution in [-0.2, 0) is 73.1 Å². The van der Waals surface area contributed by atoms with Gasteiger partial charge in [0, 0.05) is 37.9 Å². The average Bonchev–Trinajstić information content (AvgIpc) is 3.98. The maximum absolute atomic E-state index is 13.4. The van der Waals surface area contributed by atoms with Crippen LogP contribution < -0.4 is 21.0 Å². The van der Waals surface area contributed by atoms with Gasteiger partial charge in [0.2, 0.25) is 5.91 Å². The van der Waals surface area contributed by atoms with Gasteiger partial charge >= 0.3 is 38.3 Å². The van der Waals surface area contributed by atoms with Crippen LogP contribution >= 0.6 is 0 Å². The summed E-state index contributed by atoms with van der Waals surface area (Å²) in [7, 11) is 0. The maximum atomic E-state index is 13.4.